The van der Waals surface area contributed by atoms with Crippen molar-refractivity contribution in [3.8, 4) is 11.5 Å². The summed E-state index contributed by atoms with van der Waals surface area (Å²) in [6.45, 7) is 0.841. The van der Waals surface area contributed by atoms with Crippen LogP contribution in [0.15, 0.2) is 107 Å². The quantitative estimate of drug-likeness (QED) is 0.180. The fourth-order valence-electron chi connectivity index (χ4n) is 3.14. The number of para-hydroxylation sites is 1. The summed E-state index contributed by atoms with van der Waals surface area (Å²) in [7, 11) is 0. The van der Waals surface area contributed by atoms with Gasteiger partial charge in [0.15, 0.2) is 0 Å². The van der Waals surface area contributed by atoms with Crippen molar-refractivity contribution in [1.82, 2.24) is 5.43 Å². The molecule has 0 saturated carbocycles. The summed E-state index contributed by atoms with van der Waals surface area (Å²) in [6, 6.07) is 29.8. The predicted octanol–water partition coefficient (Wildman–Crippen LogP) is 7.02. The summed E-state index contributed by atoms with van der Waals surface area (Å²) < 4.78 is 12.7. The molecule has 176 valence electrons. The number of amides is 1. The molecule has 1 N–H and O–H groups in total. The third-order valence-corrected chi connectivity index (χ3v) is 5.81. The number of benzene rings is 4. The van der Waals surface area contributed by atoms with E-state index in [1.165, 1.54) is 0 Å². The molecule has 0 unspecified atom stereocenters. The second-order valence-corrected chi connectivity index (χ2v) is 8.94. The Labute approximate surface area is 217 Å². The molecule has 0 aliphatic carbocycles. The fraction of sp³-hybridized carbons (Fsp3) is 0.0714. The molecule has 4 aromatic carbocycles. The Balaban J connectivity index is 1.30. The summed E-state index contributed by atoms with van der Waals surface area (Å²) in [5.74, 6) is 1.02. The van der Waals surface area contributed by atoms with E-state index in [-0.39, 0.29) is 5.91 Å². The highest BCUT2D eigenvalue weighted by atomic mass is 79.9. The van der Waals surface area contributed by atoms with E-state index in [9.17, 15) is 4.79 Å². The van der Waals surface area contributed by atoms with E-state index in [0.717, 1.165) is 21.2 Å². The molecule has 1 amide bonds. The third-order valence-electron chi connectivity index (χ3n) is 5.03. The molecule has 0 bridgehead atoms. The summed E-state index contributed by atoms with van der Waals surface area (Å²) in [5, 5.41) is 4.78. The van der Waals surface area contributed by atoms with Gasteiger partial charge in [-0.3, -0.25) is 4.79 Å². The number of hydrogen-bond acceptors (Lipinski definition) is 4. The number of nitrogens with one attached hydrogen (secondary N) is 1. The molecule has 4 aromatic rings. The van der Waals surface area contributed by atoms with Crippen molar-refractivity contribution in [2.45, 2.75) is 13.2 Å². The maximum absolute atomic E-state index is 12.5. The smallest absolute Gasteiger partial charge is 0.271 e. The van der Waals surface area contributed by atoms with Crippen LogP contribution in [0.2, 0.25) is 5.02 Å². The van der Waals surface area contributed by atoms with Gasteiger partial charge in [0.1, 0.15) is 24.7 Å². The van der Waals surface area contributed by atoms with Crippen LogP contribution in [0, 0.1) is 0 Å². The summed E-state index contributed by atoms with van der Waals surface area (Å²) in [6.07, 6.45) is 1.57. The Morgan fingerprint density at radius 2 is 1.46 bits per heavy atom. The summed E-state index contributed by atoms with van der Waals surface area (Å²) >= 11 is 9.33. The maximum atomic E-state index is 12.5. The van der Waals surface area contributed by atoms with Gasteiger partial charge in [-0.1, -0.05) is 63.9 Å². The van der Waals surface area contributed by atoms with E-state index >= 15 is 0 Å². The second kappa shape index (κ2) is 12.2. The van der Waals surface area contributed by atoms with Crippen molar-refractivity contribution in [2.75, 3.05) is 0 Å². The summed E-state index contributed by atoms with van der Waals surface area (Å²) in [5.41, 5.74) is 5.84. The van der Waals surface area contributed by atoms with Crippen LogP contribution >= 0.6 is 27.5 Å². The van der Waals surface area contributed by atoms with Gasteiger partial charge in [0.05, 0.1) is 6.21 Å². The molecule has 4 rings (SSSR count). The number of carbonyl (C=O) groups excluding carboxylic acids is 1. The Morgan fingerprint density at radius 3 is 2.17 bits per heavy atom. The highest BCUT2D eigenvalue weighted by molar-refractivity contribution is 9.10. The van der Waals surface area contributed by atoms with Gasteiger partial charge in [-0.15, -0.1) is 0 Å². The van der Waals surface area contributed by atoms with Gasteiger partial charge < -0.3 is 9.47 Å². The fourth-order valence-corrected chi connectivity index (χ4v) is 3.53. The Hall–Kier alpha value is -3.61. The van der Waals surface area contributed by atoms with Crippen molar-refractivity contribution in [3.05, 3.63) is 129 Å². The van der Waals surface area contributed by atoms with Gasteiger partial charge in [0.25, 0.3) is 5.91 Å². The van der Waals surface area contributed by atoms with Crippen LogP contribution < -0.4 is 14.9 Å². The van der Waals surface area contributed by atoms with Crippen LogP contribution in [0.3, 0.4) is 0 Å². The molecule has 0 spiro atoms. The lowest BCUT2D eigenvalue weighted by atomic mass is 10.2. The average Bonchev–Trinajstić information content (AvgIpc) is 2.89. The number of nitrogens with zero attached hydrogens (tertiary/aromatic N) is 1. The van der Waals surface area contributed by atoms with E-state index in [4.69, 9.17) is 21.1 Å². The van der Waals surface area contributed by atoms with Crippen molar-refractivity contribution in [2.24, 2.45) is 5.10 Å². The molecule has 0 fully saturated rings. The minimum Gasteiger partial charge on any atom is -0.489 e. The van der Waals surface area contributed by atoms with Crippen molar-refractivity contribution < 1.29 is 14.3 Å². The molecule has 0 aliphatic rings. The van der Waals surface area contributed by atoms with Gasteiger partial charge in [0.2, 0.25) is 0 Å². The number of hydrazone groups is 1. The lowest BCUT2D eigenvalue weighted by Crippen LogP contribution is -2.17. The van der Waals surface area contributed by atoms with Crippen LogP contribution in [0.5, 0.6) is 11.5 Å². The van der Waals surface area contributed by atoms with Crippen molar-refractivity contribution >= 4 is 39.7 Å². The molecule has 35 heavy (non-hydrogen) atoms. The van der Waals surface area contributed by atoms with Crippen LogP contribution in [-0.4, -0.2) is 12.1 Å². The van der Waals surface area contributed by atoms with Gasteiger partial charge in [-0.05, 0) is 71.8 Å². The molecule has 5 nitrogen and oxygen atoms in total. The first-order valence-electron chi connectivity index (χ1n) is 10.8. The zero-order valence-corrected chi connectivity index (χ0v) is 21.0. The largest absolute Gasteiger partial charge is 0.489 e. The molecule has 0 atom stereocenters. The average molecular weight is 550 g/mol. The first-order chi connectivity index (χ1) is 17.1. The van der Waals surface area contributed by atoms with E-state index in [2.05, 4.69) is 26.5 Å². The molecular weight excluding hydrogens is 528 g/mol. The Bertz CT molecular complexity index is 1290. The van der Waals surface area contributed by atoms with Gasteiger partial charge in [-0.25, -0.2) is 5.43 Å². The monoisotopic (exact) mass is 548 g/mol. The standard InChI is InChI=1S/C28H22BrClN2O3/c29-24-11-5-20(6-12-24)19-35-27-4-2-1-3-23(27)17-31-32-28(33)22-9-15-26(16-10-22)34-18-21-7-13-25(30)14-8-21/h1-17H,18-19H2,(H,32,33). The molecule has 0 radical (unpaired) electrons. The Morgan fingerprint density at radius 1 is 0.829 bits per heavy atom. The first-order valence-corrected chi connectivity index (χ1v) is 12.0. The van der Waals surface area contributed by atoms with Crippen molar-refractivity contribution in [1.29, 1.82) is 0 Å². The van der Waals surface area contributed by atoms with E-state index in [0.29, 0.717) is 35.3 Å². The number of halogens is 2. The van der Waals surface area contributed by atoms with E-state index < -0.39 is 0 Å². The van der Waals surface area contributed by atoms with E-state index in [1.807, 2.05) is 72.8 Å². The predicted molar refractivity (Wildman–Crippen MR) is 142 cm³/mol. The van der Waals surface area contributed by atoms with Crippen molar-refractivity contribution in [3.63, 3.8) is 0 Å². The normalized spacial score (nSPS) is 10.8. The summed E-state index contributed by atoms with van der Waals surface area (Å²) in [4.78, 5) is 12.5. The minimum absolute atomic E-state index is 0.321. The zero-order chi connectivity index (χ0) is 24.5. The number of ether oxygens (including phenoxy) is 2. The Kier molecular flexibility index (Phi) is 8.54. The molecule has 0 aromatic heterocycles. The van der Waals surface area contributed by atoms with E-state index in [1.54, 1.807) is 30.5 Å². The highest BCUT2D eigenvalue weighted by Gasteiger charge is 2.06. The topological polar surface area (TPSA) is 59.9 Å². The van der Waals surface area contributed by atoms with Gasteiger partial charge in [0, 0.05) is 20.6 Å². The lowest BCUT2D eigenvalue weighted by molar-refractivity contribution is 0.0955. The maximum Gasteiger partial charge on any atom is 0.271 e. The van der Waals surface area contributed by atoms with Crippen LogP contribution in [0.1, 0.15) is 27.0 Å². The lowest BCUT2D eigenvalue weighted by Gasteiger charge is -2.09. The SMILES string of the molecule is O=C(NN=Cc1ccccc1OCc1ccc(Br)cc1)c1ccc(OCc2ccc(Cl)cc2)cc1. The second-order valence-electron chi connectivity index (χ2n) is 7.59. The van der Waals surface area contributed by atoms with Crippen LogP contribution in [-0.2, 0) is 13.2 Å². The zero-order valence-electron chi connectivity index (χ0n) is 18.7. The molecule has 0 saturated heterocycles. The molecule has 0 heterocycles. The number of rotatable bonds is 9. The van der Waals surface area contributed by atoms with Crippen LogP contribution in [0.25, 0.3) is 0 Å². The first kappa shape index (κ1) is 24.5. The number of hydrogen-bond donors (Lipinski definition) is 1. The molecule has 7 heteroatoms. The third kappa shape index (κ3) is 7.44. The van der Waals surface area contributed by atoms with Gasteiger partial charge >= 0.3 is 0 Å². The van der Waals surface area contributed by atoms with Gasteiger partial charge in [-0.2, -0.15) is 5.10 Å². The minimum atomic E-state index is -0.321. The number of carbonyl (C=O) groups is 1. The van der Waals surface area contributed by atoms with Crippen LogP contribution in [0.4, 0.5) is 0 Å². The highest BCUT2D eigenvalue weighted by Crippen LogP contribution is 2.19. The molecule has 0 aliphatic heterocycles. The molecular formula is C28H22BrClN2O3.